The molecule has 2 rings (SSSR count). The minimum atomic E-state index is 0.811. The van der Waals surface area contributed by atoms with Crippen LogP contribution in [0.1, 0.15) is 22.5 Å². The highest BCUT2D eigenvalue weighted by Crippen LogP contribution is 2.19. The van der Waals surface area contributed by atoms with E-state index >= 15 is 0 Å². The minimum Gasteiger partial charge on any atom is -0.316 e. The zero-order chi connectivity index (χ0) is 13.1. The van der Waals surface area contributed by atoms with E-state index in [1.807, 2.05) is 27.0 Å². The number of hydrogen-bond donors (Lipinski definition) is 1. The number of rotatable bonds is 3. The van der Waals surface area contributed by atoms with Gasteiger partial charge in [-0.3, -0.25) is 0 Å². The lowest BCUT2D eigenvalue weighted by Crippen LogP contribution is -2.11. The summed E-state index contributed by atoms with van der Waals surface area (Å²) in [7, 11) is 1.94. The molecule has 1 aromatic carbocycles. The summed E-state index contributed by atoms with van der Waals surface area (Å²) >= 11 is 0. The second-order valence-corrected chi connectivity index (χ2v) is 4.60. The molecule has 0 aliphatic rings. The van der Waals surface area contributed by atoms with Crippen molar-refractivity contribution in [3.05, 3.63) is 46.8 Å². The maximum atomic E-state index is 4.61. The van der Waals surface area contributed by atoms with Crippen LogP contribution in [-0.2, 0) is 6.54 Å². The Bertz CT molecular complexity index is 538. The normalized spacial score (nSPS) is 10.7. The summed E-state index contributed by atoms with van der Waals surface area (Å²) < 4.78 is 0. The molecule has 0 saturated carbocycles. The molecule has 0 aliphatic heterocycles. The van der Waals surface area contributed by atoms with Crippen LogP contribution in [0.2, 0.25) is 0 Å². The fourth-order valence-electron chi connectivity index (χ4n) is 2.09. The molecule has 0 unspecified atom stereocenters. The molecule has 1 N–H and O–H groups in total. The van der Waals surface area contributed by atoms with Gasteiger partial charge >= 0.3 is 0 Å². The second kappa shape index (κ2) is 5.27. The van der Waals surface area contributed by atoms with E-state index in [1.165, 1.54) is 11.1 Å². The second-order valence-electron chi connectivity index (χ2n) is 4.60. The lowest BCUT2D eigenvalue weighted by Gasteiger charge is -2.10. The molecule has 3 nitrogen and oxygen atoms in total. The maximum absolute atomic E-state index is 4.61. The molecular weight excluding hydrogens is 222 g/mol. The van der Waals surface area contributed by atoms with Gasteiger partial charge in [0.05, 0.1) is 0 Å². The van der Waals surface area contributed by atoms with Gasteiger partial charge in [0.1, 0.15) is 0 Å². The molecule has 0 amide bonds. The van der Waals surface area contributed by atoms with E-state index in [1.54, 1.807) is 0 Å². The van der Waals surface area contributed by atoms with E-state index in [0.29, 0.717) is 0 Å². The van der Waals surface area contributed by atoms with Gasteiger partial charge in [0.15, 0.2) is 5.82 Å². The van der Waals surface area contributed by atoms with Crippen molar-refractivity contribution in [3.8, 4) is 11.4 Å². The van der Waals surface area contributed by atoms with E-state index in [2.05, 4.69) is 40.4 Å². The maximum Gasteiger partial charge on any atom is 0.159 e. The first kappa shape index (κ1) is 12.7. The van der Waals surface area contributed by atoms with Crippen LogP contribution < -0.4 is 5.32 Å². The molecule has 18 heavy (non-hydrogen) atoms. The van der Waals surface area contributed by atoms with Crippen molar-refractivity contribution in [2.75, 3.05) is 7.05 Å². The van der Waals surface area contributed by atoms with Gasteiger partial charge in [-0.15, -0.1) is 0 Å². The van der Waals surface area contributed by atoms with Crippen LogP contribution >= 0.6 is 0 Å². The molecular formula is C15H19N3. The van der Waals surface area contributed by atoms with Gasteiger partial charge in [-0.1, -0.05) is 23.8 Å². The van der Waals surface area contributed by atoms with Gasteiger partial charge in [0.2, 0.25) is 0 Å². The Morgan fingerprint density at radius 2 is 1.72 bits per heavy atom. The Morgan fingerprint density at radius 1 is 1.06 bits per heavy atom. The molecule has 0 spiro atoms. The lowest BCUT2D eigenvalue weighted by molar-refractivity contribution is 0.787. The molecule has 1 heterocycles. The number of aromatic nitrogens is 2. The van der Waals surface area contributed by atoms with Crippen LogP contribution in [-0.4, -0.2) is 17.0 Å². The summed E-state index contributed by atoms with van der Waals surface area (Å²) in [5.74, 6) is 0.813. The van der Waals surface area contributed by atoms with Gasteiger partial charge in [0.25, 0.3) is 0 Å². The van der Waals surface area contributed by atoms with Crippen LogP contribution in [0.25, 0.3) is 11.4 Å². The summed E-state index contributed by atoms with van der Waals surface area (Å²) in [6.45, 7) is 6.98. The monoisotopic (exact) mass is 241 g/mol. The minimum absolute atomic E-state index is 0.811. The molecule has 94 valence electrons. The fraction of sp³-hybridized carbons (Fsp3) is 0.333. The third-order valence-electron chi connectivity index (χ3n) is 3.05. The van der Waals surface area contributed by atoms with Gasteiger partial charge in [-0.05, 0) is 33.9 Å². The van der Waals surface area contributed by atoms with E-state index in [4.69, 9.17) is 0 Å². The van der Waals surface area contributed by atoms with E-state index in [9.17, 15) is 0 Å². The summed E-state index contributed by atoms with van der Waals surface area (Å²) in [5, 5.41) is 3.15. The van der Waals surface area contributed by atoms with Crippen molar-refractivity contribution in [3.63, 3.8) is 0 Å². The number of nitrogens with one attached hydrogen (secondary N) is 1. The van der Waals surface area contributed by atoms with E-state index in [0.717, 1.165) is 29.3 Å². The highest BCUT2D eigenvalue weighted by molar-refractivity contribution is 5.56. The fourth-order valence-corrected chi connectivity index (χ4v) is 2.09. The van der Waals surface area contributed by atoms with Crippen molar-refractivity contribution in [1.82, 2.24) is 15.3 Å². The molecule has 0 atom stereocenters. The topological polar surface area (TPSA) is 37.8 Å². The van der Waals surface area contributed by atoms with E-state index in [-0.39, 0.29) is 0 Å². The van der Waals surface area contributed by atoms with Crippen LogP contribution in [0, 0.1) is 20.8 Å². The Hall–Kier alpha value is -1.74. The number of aryl methyl sites for hydroxylation is 3. The summed E-state index contributed by atoms with van der Waals surface area (Å²) in [6, 6.07) is 8.30. The molecule has 0 fully saturated rings. The van der Waals surface area contributed by atoms with Gasteiger partial charge < -0.3 is 5.32 Å². The Balaban J connectivity index is 2.48. The van der Waals surface area contributed by atoms with Crippen LogP contribution in [0.3, 0.4) is 0 Å². The third-order valence-corrected chi connectivity index (χ3v) is 3.05. The Labute approximate surface area is 108 Å². The first-order chi connectivity index (χ1) is 8.61. The quantitative estimate of drug-likeness (QED) is 0.898. The number of nitrogens with zero attached hydrogens (tertiary/aromatic N) is 2. The van der Waals surface area contributed by atoms with Gasteiger partial charge in [-0.2, -0.15) is 0 Å². The van der Waals surface area contributed by atoms with Crippen molar-refractivity contribution < 1.29 is 0 Å². The predicted molar refractivity (Wildman–Crippen MR) is 74.4 cm³/mol. The zero-order valence-electron chi connectivity index (χ0n) is 11.4. The molecule has 0 saturated heterocycles. The standard InChI is InChI=1S/C15H19N3/c1-10-6-5-7-13(8-10)15-17-11(2)14(9-16-4)12(3)18-15/h5-8,16H,9H2,1-4H3. The molecule has 3 heteroatoms. The first-order valence-electron chi connectivity index (χ1n) is 6.17. The van der Waals surface area contributed by atoms with Crippen molar-refractivity contribution in [2.24, 2.45) is 0 Å². The third kappa shape index (κ3) is 2.57. The van der Waals surface area contributed by atoms with E-state index < -0.39 is 0 Å². The smallest absolute Gasteiger partial charge is 0.159 e. The van der Waals surface area contributed by atoms with Crippen LogP contribution in [0.5, 0.6) is 0 Å². The number of hydrogen-bond acceptors (Lipinski definition) is 3. The molecule has 0 radical (unpaired) electrons. The summed E-state index contributed by atoms with van der Waals surface area (Å²) in [4.78, 5) is 9.23. The average Bonchev–Trinajstić information content (AvgIpc) is 2.33. The van der Waals surface area contributed by atoms with Crippen LogP contribution in [0.4, 0.5) is 0 Å². The highest BCUT2D eigenvalue weighted by Gasteiger charge is 2.09. The molecule has 0 aliphatic carbocycles. The van der Waals surface area contributed by atoms with Crippen molar-refractivity contribution in [1.29, 1.82) is 0 Å². The SMILES string of the molecule is CNCc1c(C)nc(-c2cccc(C)c2)nc1C. The largest absolute Gasteiger partial charge is 0.316 e. The lowest BCUT2D eigenvalue weighted by atomic mass is 10.1. The Morgan fingerprint density at radius 3 is 2.28 bits per heavy atom. The molecule has 1 aromatic heterocycles. The first-order valence-corrected chi connectivity index (χ1v) is 6.17. The van der Waals surface area contributed by atoms with Crippen molar-refractivity contribution >= 4 is 0 Å². The summed E-state index contributed by atoms with van der Waals surface area (Å²) in [6.07, 6.45) is 0. The van der Waals surface area contributed by atoms with Gasteiger partial charge in [0, 0.05) is 29.1 Å². The Kier molecular flexibility index (Phi) is 3.72. The van der Waals surface area contributed by atoms with Crippen molar-refractivity contribution in [2.45, 2.75) is 27.3 Å². The zero-order valence-corrected chi connectivity index (χ0v) is 11.4. The average molecular weight is 241 g/mol. The van der Waals surface area contributed by atoms with Gasteiger partial charge in [-0.25, -0.2) is 9.97 Å². The summed E-state index contributed by atoms with van der Waals surface area (Å²) in [5.41, 5.74) is 5.60. The predicted octanol–water partition coefficient (Wildman–Crippen LogP) is 2.79. The highest BCUT2D eigenvalue weighted by atomic mass is 14.9. The molecule has 2 aromatic rings. The van der Waals surface area contributed by atoms with Crippen LogP contribution in [0.15, 0.2) is 24.3 Å². The number of benzene rings is 1. The molecule has 0 bridgehead atoms.